The second-order valence-corrected chi connectivity index (χ2v) is 5.38. The van der Waals surface area contributed by atoms with Crippen molar-refractivity contribution in [3.63, 3.8) is 0 Å². The van der Waals surface area contributed by atoms with Gasteiger partial charge in [-0.3, -0.25) is 10.1 Å². The summed E-state index contributed by atoms with van der Waals surface area (Å²) in [6, 6.07) is 10.0. The molecule has 106 valence electrons. The molecule has 3 rings (SSSR count). The number of para-hydroxylation sites is 1. The molecule has 1 N–H and O–H groups in total. The van der Waals surface area contributed by atoms with Crippen LogP contribution in [0.1, 0.15) is 31.6 Å². The van der Waals surface area contributed by atoms with Crippen molar-refractivity contribution in [2.75, 3.05) is 19.6 Å². The van der Waals surface area contributed by atoms with Gasteiger partial charge in [0.2, 0.25) is 5.91 Å². The lowest BCUT2D eigenvalue weighted by molar-refractivity contribution is -0.129. The summed E-state index contributed by atoms with van der Waals surface area (Å²) in [5, 5.41) is 4.35. The van der Waals surface area contributed by atoms with Crippen LogP contribution in [0.25, 0.3) is 11.0 Å². The van der Waals surface area contributed by atoms with E-state index in [1.54, 1.807) is 0 Å². The Kier molecular flexibility index (Phi) is 3.74. The lowest BCUT2D eigenvalue weighted by Crippen LogP contribution is -2.37. The standard InChI is InChI=1S/C16H20N2O2/c1-12(17-11-16(19)18-8-4-5-9-18)15-10-13-6-2-3-7-14(13)20-15/h2-3,6-7,10,12,17H,4-5,8-9,11H2,1H3. The summed E-state index contributed by atoms with van der Waals surface area (Å²) in [6.45, 7) is 4.20. The number of carbonyl (C=O) groups is 1. The van der Waals surface area contributed by atoms with Crippen molar-refractivity contribution in [1.29, 1.82) is 0 Å². The van der Waals surface area contributed by atoms with Crippen molar-refractivity contribution in [3.8, 4) is 0 Å². The Morgan fingerprint density at radius 3 is 2.85 bits per heavy atom. The van der Waals surface area contributed by atoms with E-state index in [4.69, 9.17) is 4.42 Å². The number of carbonyl (C=O) groups excluding carboxylic acids is 1. The third kappa shape index (κ3) is 2.70. The smallest absolute Gasteiger partial charge is 0.236 e. The van der Waals surface area contributed by atoms with Crippen molar-refractivity contribution in [3.05, 3.63) is 36.1 Å². The van der Waals surface area contributed by atoms with Gasteiger partial charge in [-0.1, -0.05) is 18.2 Å². The molecule has 0 saturated carbocycles. The topological polar surface area (TPSA) is 45.5 Å². The predicted molar refractivity (Wildman–Crippen MR) is 78.4 cm³/mol. The molecule has 1 aromatic carbocycles. The van der Waals surface area contributed by atoms with Crippen LogP contribution in [0, 0.1) is 0 Å². The number of hydrogen-bond acceptors (Lipinski definition) is 3. The number of rotatable bonds is 4. The summed E-state index contributed by atoms with van der Waals surface area (Å²) < 4.78 is 5.80. The summed E-state index contributed by atoms with van der Waals surface area (Å²) in [4.78, 5) is 13.9. The van der Waals surface area contributed by atoms with Crippen molar-refractivity contribution in [2.45, 2.75) is 25.8 Å². The molecule has 0 radical (unpaired) electrons. The number of likely N-dealkylation sites (tertiary alicyclic amines) is 1. The fourth-order valence-corrected chi connectivity index (χ4v) is 2.64. The van der Waals surface area contributed by atoms with Crippen molar-refractivity contribution in [2.24, 2.45) is 0 Å². The molecule has 4 heteroatoms. The number of fused-ring (bicyclic) bond motifs is 1. The average molecular weight is 272 g/mol. The number of nitrogens with one attached hydrogen (secondary N) is 1. The number of hydrogen-bond donors (Lipinski definition) is 1. The maximum Gasteiger partial charge on any atom is 0.236 e. The van der Waals surface area contributed by atoms with Crippen LogP contribution in [0.15, 0.2) is 34.7 Å². The van der Waals surface area contributed by atoms with E-state index in [0.29, 0.717) is 6.54 Å². The number of nitrogens with zero attached hydrogens (tertiary/aromatic N) is 1. The minimum atomic E-state index is 0.0361. The Morgan fingerprint density at radius 1 is 1.35 bits per heavy atom. The molecule has 1 unspecified atom stereocenters. The van der Waals surface area contributed by atoms with E-state index >= 15 is 0 Å². The third-order valence-electron chi connectivity index (χ3n) is 3.89. The Hall–Kier alpha value is -1.81. The zero-order valence-corrected chi connectivity index (χ0v) is 11.8. The van der Waals surface area contributed by atoms with Crippen molar-refractivity contribution < 1.29 is 9.21 Å². The van der Waals surface area contributed by atoms with Gasteiger partial charge in [0.05, 0.1) is 12.6 Å². The average Bonchev–Trinajstić information content (AvgIpc) is 3.12. The highest BCUT2D eigenvalue weighted by molar-refractivity contribution is 5.79. The number of furan rings is 1. The van der Waals surface area contributed by atoms with Crippen molar-refractivity contribution in [1.82, 2.24) is 10.2 Å². The Bertz CT molecular complexity index is 566. The SMILES string of the molecule is CC(NCC(=O)N1CCCC1)c1cc2ccccc2o1. The zero-order valence-electron chi connectivity index (χ0n) is 11.8. The summed E-state index contributed by atoms with van der Waals surface area (Å²) in [7, 11) is 0. The van der Waals surface area contributed by atoms with Crippen LogP contribution in [0.4, 0.5) is 0 Å². The van der Waals surface area contributed by atoms with Crippen LogP contribution >= 0.6 is 0 Å². The third-order valence-corrected chi connectivity index (χ3v) is 3.89. The molecule has 1 atom stereocenters. The van der Waals surface area contributed by atoms with Crippen LogP contribution in [-0.2, 0) is 4.79 Å². The zero-order chi connectivity index (χ0) is 13.9. The highest BCUT2D eigenvalue weighted by atomic mass is 16.3. The van der Waals surface area contributed by atoms with Gasteiger partial charge in [0.15, 0.2) is 0 Å². The minimum absolute atomic E-state index is 0.0361. The molecule has 2 aromatic rings. The van der Waals surface area contributed by atoms with E-state index in [0.717, 1.165) is 42.7 Å². The van der Waals surface area contributed by atoms with E-state index in [1.807, 2.05) is 42.2 Å². The second kappa shape index (κ2) is 5.67. The quantitative estimate of drug-likeness (QED) is 0.930. The Morgan fingerprint density at radius 2 is 2.10 bits per heavy atom. The lowest BCUT2D eigenvalue weighted by atomic mass is 10.2. The van der Waals surface area contributed by atoms with Crippen molar-refractivity contribution >= 4 is 16.9 Å². The summed E-state index contributed by atoms with van der Waals surface area (Å²) >= 11 is 0. The predicted octanol–water partition coefficient (Wildman–Crippen LogP) is 2.71. The molecular weight excluding hydrogens is 252 g/mol. The first-order valence-electron chi connectivity index (χ1n) is 7.23. The van der Waals surface area contributed by atoms with Gasteiger partial charge >= 0.3 is 0 Å². The van der Waals surface area contributed by atoms with E-state index in [9.17, 15) is 4.79 Å². The molecule has 1 aliphatic heterocycles. The van der Waals surface area contributed by atoms with Gasteiger partial charge < -0.3 is 9.32 Å². The maximum absolute atomic E-state index is 12.0. The number of benzene rings is 1. The van der Waals surface area contributed by atoms with Crippen LogP contribution < -0.4 is 5.32 Å². The van der Waals surface area contributed by atoms with Gasteiger partial charge in [-0.05, 0) is 31.9 Å². The summed E-state index contributed by atoms with van der Waals surface area (Å²) in [5.41, 5.74) is 0.891. The molecule has 0 aliphatic carbocycles. The lowest BCUT2D eigenvalue weighted by Gasteiger charge is -2.17. The van der Waals surface area contributed by atoms with E-state index < -0.39 is 0 Å². The van der Waals surface area contributed by atoms with Crippen LogP contribution in [0.2, 0.25) is 0 Å². The highest BCUT2D eigenvalue weighted by Gasteiger charge is 2.19. The van der Waals surface area contributed by atoms with Gasteiger partial charge in [-0.2, -0.15) is 0 Å². The van der Waals surface area contributed by atoms with Gasteiger partial charge in [0, 0.05) is 18.5 Å². The van der Waals surface area contributed by atoms with Gasteiger partial charge in [0.1, 0.15) is 11.3 Å². The first kappa shape index (κ1) is 13.2. The maximum atomic E-state index is 12.0. The normalized spacial score (nSPS) is 16.8. The molecule has 4 nitrogen and oxygen atoms in total. The minimum Gasteiger partial charge on any atom is -0.459 e. The van der Waals surface area contributed by atoms with Gasteiger partial charge in [0.25, 0.3) is 0 Å². The fraction of sp³-hybridized carbons (Fsp3) is 0.438. The van der Waals surface area contributed by atoms with E-state index in [2.05, 4.69) is 5.32 Å². The largest absolute Gasteiger partial charge is 0.459 e. The second-order valence-electron chi connectivity index (χ2n) is 5.38. The van der Waals surface area contributed by atoms with E-state index in [-0.39, 0.29) is 11.9 Å². The molecular formula is C16H20N2O2. The molecule has 0 bridgehead atoms. The number of amides is 1. The van der Waals surface area contributed by atoms with Gasteiger partial charge in [-0.25, -0.2) is 0 Å². The summed E-state index contributed by atoms with van der Waals surface area (Å²) in [5.74, 6) is 1.06. The Balaban J connectivity index is 1.60. The van der Waals surface area contributed by atoms with Crippen LogP contribution in [-0.4, -0.2) is 30.4 Å². The first-order chi connectivity index (χ1) is 9.74. The summed E-state index contributed by atoms with van der Waals surface area (Å²) in [6.07, 6.45) is 2.26. The van der Waals surface area contributed by atoms with Crippen LogP contribution in [0.3, 0.4) is 0 Å². The molecule has 1 aliphatic rings. The molecule has 2 heterocycles. The molecule has 1 amide bonds. The highest BCUT2D eigenvalue weighted by Crippen LogP contribution is 2.23. The van der Waals surface area contributed by atoms with Crippen LogP contribution in [0.5, 0.6) is 0 Å². The monoisotopic (exact) mass is 272 g/mol. The Labute approximate surface area is 118 Å². The van der Waals surface area contributed by atoms with Gasteiger partial charge in [-0.15, -0.1) is 0 Å². The first-order valence-corrected chi connectivity index (χ1v) is 7.23. The van der Waals surface area contributed by atoms with E-state index in [1.165, 1.54) is 0 Å². The molecule has 1 saturated heterocycles. The molecule has 20 heavy (non-hydrogen) atoms. The molecule has 0 spiro atoms. The fourth-order valence-electron chi connectivity index (χ4n) is 2.64. The molecule has 1 fully saturated rings. The molecule has 1 aromatic heterocycles.